The monoisotopic (exact) mass is 313 g/mol. The zero-order chi connectivity index (χ0) is 10.6. The van der Waals surface area contributed by atoms with Crippen LogP contribution in [-0.2, 0) is 9.53 Å². The van der Waals surface area contributed by atoms with Gasteiger partial charge in [0.25, 0.3) is 0 Å². The molecular weight excluding hydrogens is 291 g/mol. The number of rotatable bonds is 9. The van der Waals surface area contributed by atoms with E-state index in [9.17, 15) is 4.79 Å². The van der Waals surface area contributed by atoms with Crippen LogP contribution in [0.25, 0.3) is 0 Å². The second kappa shape index (κ2) is 11.3. The molecule has 0 aliphatic carbocycles. The first-order valence-electron chi connectivity index (χ1n) is 5.40. The number of esters is 1. The van der Waals surface area contributed by atoms with Crippen LogP contribution >= 0.6 is 0 Å². The average Bonchev–Trinajstić information content (AvgIpc) is 2.17. The summed E-state index contributed by atoms with van der Waals surface area (Å²) in [5, 5.41) is 0. The van der Waals surface area contributed by atoms with Crippen LogP contribution in [-0.4, -0.2) is 21.9 Å². The maximum atomic E-state index is 11.0. The molecule has 0 saturated heterocycles. The Morgan fingerprint density at radius 1 is 1.14 bits per heavy atom. The molecule has 0 rings (SSSR count). The van der Waals surface area contributed by atoms with Crippen molar-refractivity contribution in [2.45, 2.75) is 45.4 Å². The van der Waals surface area contributed by atoms with E-state index in [4.69, 9.17) is 4.74 Å². The van der Waals surface area contributed by atoms with Crippen molar-refractivity contribution in [1.29, 1.82) is 0 Å². The molecule has 0 aromatic rings. The minimum absolute atomic E-state index is 0.00820. The van der Waals surface area contributed by atoms with E-state index in [-0.39, 0.29) is 27.2 Å². The Morgan fingerprint density at radius 3 is 2.43 bits per heavy atom. The van der Waals surface area contributed by atoms with Gasteiger partial charge in [-0.1, -0.05) is 0 Å². The first kappa shape index (κ1) is 14.2. The Bertz CT molecular complexity index is 137. The molecule has 0 N–H and O–H groups in total. The molecule has 0 unspecified atom stereocenters. The average molecular weight is 313 g/mol. The van der Waals surface area contributed by atoms with Gasteiger partial charge in [-0.15, -0.1) is 0 Å². The van der Waals surface area contributed by atoms with Crippen molar-refractivity contribution in [3.05, 3.63) is 0 Å². The zero-order valence-electron chi connectivity index (χ0n) is 9.35. The Balaban J connectivity index is 3.01. The Hall–Kier alpha value is 0.200. The number of carbonyl (C=O) groups is 1. The molecule has 2 nitrogen and oxygen atoms in total. The number of ether oxygens (including phenoxy) is 1. The Labute approximate surface area is 98.0 Å². The topological polar surface area (TPSA) is 26.3 Å². The molecule has 86 valence electrons. The predicted molar refractivity (Wildman–Crippen MR) is 55.1 cm³/mol. The van der Waals surface area contributed by atoms with Gasteiger partial charge in [0, 0.05) is 0 Å². The molecule has 0 aromatic heterocycles. The minimum atomic E-state index is 0.00820. The van der Waals surface area contributed by atoms with Crippen molar-refractivity contribution in [2.75, 3.05) is 16.0 Å². The zero-order valence-corrected chi connectivity index (χ0v) is 11.5. The van der Waals surface area contributed by atoms with Crippen molar-refractivity contribution >= 4 is 5.97 Å². The van der Waals surface area contributed by atoms with Crippen LogP contribution in [0.15, 0.2) is 0 Å². The van der Waals surface area contributed by atoms with Crippen LogP contribution in [0.3, 0.4) is 0 Å². The Kier molecular flexibility index (Phi) is 11.4. The van der Waals surface area contributed by atoms with Crippen molar-refractivity contribution in [3.63, 3.8) is 0 Å². The van der Waals surface area contributed by atoms with Crippen molar-refractivity contribution in [1.82, 2.24) is 0 Å². The van der Waals surface area contributed by atoms with E-state index >= 15 is 0 Å². The molecule has 0 bridgehead atoms. The summed E-state index contributed by atoms with van der Waals surface area (Å²) in [5.74, 6) is 0.00820. The fourth-order valence-electron chi connectivity index (χ4n) is 1.22. The third-order valence-electron chi connectivity index (χ3n) is 2.00. The summed E-state index contributed by atoms with van der Waals surface area (Å²) >= 11 is 0.0582. The molecule has 0 aliphatic rings. The summed E-state index contributed by atoms with van der Waals surface area (Å²) < 4.78 is 5.75. The van der Waals surface area contributed by atoms with Crippen molar-refractivity contribution in [2.24, 2.45) is 0 Å². The van der Waals surface area contributed by atoms with Crippen LogP contribution in [0.1, 0.15) is 45.4 Å². The maximum absolute atomic E-state index is 11.0. The molecular formula is C11H22IO2-. The van der Waals surface area contributed by atoms with E-state index in [1.807, 2.05) is 0 Å². The molecule has 0 saturated carbocycles. The quantitative estimate of drug-likeness (QED) is 0.251. The fourth-order valence-corrected chi connectivity index (χ4v) is 2.06. The first-order chi connectivity index (χ1) is 6.81. The number of unbranched alkanes of at least 4 members (excludes halogenated alkanes) is 5. The van der Waals surface area contributed by atoms with E-state index in [1.54, 1.807) is 0 Å². The molecule has 0 amide bonds. The summed E-state index contributed by atoms with van der Waals surface area (Å²) in [4.78, 5) is 13.1. The van der Waals surface area contributed by atoms with Crippen LogP contribution < -0.4 is 21.2 Å². The summed E-state index contributed by atoms with van der Waals surface area (Å²) in [5.41, 5.74) is 0. The third-order valence-corrected chi connectivity index (χ3v) is 3.39. The third kappa shape index (κ3) is 10.3. The van der Waals surface area contributed by atoms with Crippen LogP contribution in [0.2, 0.25) is 0 Å². The van der Waals surface area contributed by atoms with Crippen molar-refractivity contribution < 1.29 is 30.7 Å². The fraction of sp³-hybridized carbons (Fsp3) is 0.909. The molecule has 0 atom stereocenters. The van der Waals surface area contributed by atoms with E-state index in [1.165, 1.54) is 32.1 Å². The number of hydrogen-bond donors (Lipinski definition) is 0. The van der Waals surface area contributed by atoms with E-state index in [0.717, 1.165) is 6.42 Å². The number of hydrogen-bond acceptors (Lipinski definition) is 2. The first-order valence-corrected chi connectivity index (χ1v) is 9.09. The summed E-state index contributed by atoms with van der Waals surface area (Å²) in [7, 11) is 0. The molecule has 0 radical (unpaired) electrons. The molecule has 0 fully saturated rings. The SMILES string of the molecule is CCCCCCCCOC(=O)C[I-]C. The van der Waals surface area contributed by atoms with Gasteiger partial charge in [-0.3, -0.25) is 0 Å². The van der Waals surface area contributed by atoms with E-state index in [2.05, 4.69) is 11.9 Å². The second-order valence-corrected chi connectivity index (χ2v) is 5.68. The van der Waals surface area contributed by atoms with Crippen molar-refractivity contribution in [3.8, 4) is 0 Å². The predicted octanol–water partition coefficient (Wildman–Crippen LogP) is -0.391. The molecule has 0 heterocycles. The van der Waals surface area contributed by atoms with Gasteiger partial charge in [0.05, 0.1) is 0 Å². The standard InChI is InChI=1S/C11H22IO2/c1-3-4-5-6-7-8-9-14-11(13)10-12-2/h3-10H2,1-2H3/q-1. The van der Waals surface area contributed by atoms with Gasteiger partial charge in [0.2, 0.25) is 0 Å². The Morgan fingerprint density at radius 2 is 1.79 bits per heavy atom. The van der Waals surface area contributed by atoms with Gasteiger partial charge < -0.3 is 0 Å². The molecule has 0 spiro atoms. The second-order valence-electron chi connectivity index (χ2n) is 3.39. The van der Waals surface area contributed by atoms with Gasteiger partial charge in [-0.25, -0.2) is 0 Å². The molecule has 0 aliphatic heterocycles. The van der Waals surface area contributed by atoms with Gasteiger partial charge >= 0.3 is 98.1 Å². The van der Waals surface area contributed by atoms with E-state index < -0.39 is 0 Å². The number of alkyl halides is 2. The molecule has 3 heteroatoms. The van der Waals surface area contributed by atoms with E-state index in [0.29, 0.717) is 11.0 Å². The summed E-state index contributed by atoms with van der Waals surface area (Å²) in [6.45, 7) is 2.85. The van der Waals surface area contributed by atoms with Gasteiger partial charge in [-0.05, 0) is 0 Å². The van der Waals surface area contributed by atoms with Gasteiger partial charge in [0.15, 0.2) is 0 Å². The summed E-state index contributed by atoms with van der Waals surface area (Å²) in [6, 6.07) is 0. The molecule has 14 heavy (non-hydrogen) atoms. The van der Waals surface area contributed by atoms with Crippen LogP contribution in [0.4, 0.5) is 0 Å². The molecule has 0 aromatic carbocycles. The number of carbonyl (C=O) groups excluding carboxylic acids is 1. The number of halogens is 1. The van der Waals surface area contributed by atoms with Gasteiger partial charge in [0.1, 0.15) is 0 Å². The van der Waals surface area contributed by atoms with Crippen LogP contribution in [0, 0.1) is 0 Å². The summed E-state index contributed by atoms with van der Waals surface area (Å²) in [6.07, 6.45) is 7.47. The normalized spacial score (nSPS) is 10.4. The van der Waals surface area contributed by atoms with Crippen LogP contribution in [0.5, 0.6) is 0 Å². The van der Waals surface area contributed by atoms with Gasteiger partial charge in [-0.2, -0.15) is 0 Å².